The molecule has 1 aromatic heterocycles. The van der Waals surface area contributed by atoms with Crippen LogP contribution in [0.15, 0.2) is 72.8 Å². The molecule has 0 aliphatic carbocycles. The van der Waals surface area contributed by atoms with Gasteiger partial charge >= 0.3 is 0 Å². The highest BCUT2D eigenvalue weighted by Gasteiger charge is 2.11. The van der Waals surface area contributed by atoms with E-state index < -0.39 is 0 Å². The van der Waals surface area contributed by atoms with Crippen LogP contribution in [0.3, 0.4) is 0 Å². The molecule has 3 aromatic rings. The van der Waals surface area contributed by atoms with Crippen molar-refractivity contribution < 1.29 is 14.3 Å². The lowest BCUT2D eigenvalue weighted by atomic mass is 10.2. The van der Waals surface area contributed by atoms with Gasteiger partial charge < -0.3 is 25.0 Å². The van der Waals surface area contributed by atoms with Gasteiger partial charge in [-0.3, -0.25) is 4.79 Å². The number of nitrogens with zero attached hydrogens (tertiary/aromatic N) is 2. The zero-order valence-electron chi connectivity index (χ0n) is 17.3. The fourth-order valence-corrected chi connectivity index (χ4v) is 3.30. The quantitative estimate of drug-likeness (QED) is 0.546. The summed E-state index contributed by atoms with van der Waals surface area (Å²) in [4.78, 5) is 19.1. The van der Waals surface area contributed by atoms with Crippen molar-refractivity contribution in [3.63, 3.8) is 0 Å². The van der Waals surface area contributed by atoms with Crippen LogP contribution in [0.1, 0.15) is 10.5 Å². The first-order chi connectivity index (χ1) is 15.3. The minimum atomic E-state index is -0.233. The van der Waals surface area contributed by atoms with E-state index in [4.69, 9.17) is 9.47 Å². The van der Waals surface area contributed by atoms with Crippen LogP contribution in [-0.4, -0.2) is 50.3 Å². The van der Waals surface area contributed by atoms with Crippen molar-refractivity contribution in [1.29, 1.82) is 0 Å². The van der Waals surface area contributed by atoms with Crippen molar-refractivity contribution in [2.45, 2.75) is 0 Å². The number of rotatable bonds is 8. The number of hydrogen-bond acceptors (Lipinski definition) is 6. The Bertz CT molecular complexity index is 974. The number of ether oxygens (including phenoxy) is 2. The van der Waals surface area contributed by atoms with Gasteiger partial charge in [0.1, 0.15) is 23.9 Å². The van der Waals surface area contributed by atoms with Gasteiger partial charge in [-0.15, -0.1) is 0 Å². The fraction of sp³-hybridized carbons (Fsp3) is 0.250. The predicted octanol–water partition coefficient (Wildman–Crippen LogP) is 3.47. The van der Waals surface area contributed by atoms with E-state index in [2.05, 4.69) is 32.7 Å². The Hall–Kier alpha value is -3.58. The van der Waals surface area contributed by atoms with Gasteiger partial charge in [0.25, 0.3) is 5.91 Å². The number of benzene rings is 2. The van der Waals surface area contributed by atoms with Crippen LogP contribution in [0.25, 0.3) is 0 Å². The van der Waals surface area contributed by atoms with Gasteiger partial charge in [0.2, 0.25) is 0 Å². The summed E-state index contributed by atoms with van der Waals surface area (Å²) < 4.78 is 11.0. The van der Waals surface area contributed by atoms with Crippen molar-refractivity contribution in [2.75, 3.05) is 49.7 Å². The Morgan fingerprint density at radius 2 is 1.74 bits per heavy atom. The molecule has 1 aliphatic rings. The Morgan fingerprint density at radius 1 is 0.968 bits per heavy atom. The number of morpholine rings is 1. The number of pyridine rings is 1. The molecule has 0 bridgehead atoms. The highest BCUT2D eigenvalue weighted by molar-refractivity contribution is 5.92. The standard InChI is InChI=1S/C24H26N4O3/c29-24(25-13-16-31-21-5-2-1-3-6-21)22-7-4-8-23(27-22)26-19-9-11-20(12-10-19)28-14-17-30-18-15-28/h1-12H,13-18H2,(H,25,29)(H,26,27). The average Bonchev–Trinajstić information content (AvgIpc) is 2.83. The summed E-state index contributed by atoms with van der Waals surface area (Å²) in [5, 5.41) is 6.09. The normalized spacial score (nSPS) is 13.5. The first-order valence-corrected chi connectivity index (χ1v) is 10.4. The maximum Gasteiger partial charge on any atom is 0.270 e. The Labute approximate surface area is 182 Å². The summed E-state index contributed by atoms with van der Waals surface area (Å²) in [5.74, 6) is 1.16. The van der Waals surface area contributed by atoms with Crippen molar-refractivity contribution in [3.05, 3.63) is 78.5 Å². The van der Waals surface area contributed by atoms with E-state index >= 15 is 0 Å². The molecule has 0 atom stereocenters. The smallest absolute Gasteiger partial charge is 0.270 e. The average molecular weight is 418 g/mol. The van der Waals surface area contributed by atoms with Crippen LogP contribution in [0, 0.1) is 0 Å². The Kier molecular flexibility index (Phi) is 6.97. The summed E-state index contributed by atoms with van der Waals surface area (Å²) in [6.45, 7) is 4.12. The van der Waals surface area contributed by atoms with Crippen LogP contribution in [0.5, 0.6) is 5.75 Å². The molecule has 31 heavy (non-hydrogen) atoms. The molecule has 1 aliphatic heterocycles. The molecule has 0 unspecified atom stereocenters. The molecular weight excluding hydrogens is 392 g/mol. The van der Waals surface area contributed by atoms with Crippen molar-refractivity contribution in [3.8, 4) is 5.75 Å². The van der Waals surface area contributed by atoms with E-state index in [1.807, 2.05) is 54.6 Å². The maximum absolute atomic E-state index is 12.4. The monoisotopic (exact) mass is 418 g/mol. The zero-order valence-corrected chi connectivity index (χ0v) is 17.3. The SMILES string of the molecule is O=C(NCCOc1ccccc1)c1cccc(Nc2ccc(N3CCOCC3)cc2)n1. The third-order valence-electron chi connectivity index (χ3n) is 4.90. The number of nitrogens with one attached hydrogen (secondary N) is 2. The van der Waals surface area contributed by atoms with Gasteiger partial charge in [0.05, 0.1) is 19.8 Å². The molecule has 2 aromatic carbocycles. The number of anilines is 3. The largest absolute Gasteiger partial charge is 0.492 e. The van der Waals surface area contributed by atoms with E-state index in [0.29, 0.717) is 24.7 Å². The fourth-order valence-electron chi connectivity index (χ4n) is 3.30. The van der Waals surface area contributed by atoms with E-state index in [1.54, 1.807) is 6.07 Å². The van der Waals surface area contributed by atoms with Crippen LogP contribution in [0.4, 0.5) is 17.2 Å². The van der Waals surface area contributed by atoms with E-state index in [1.165, 1.54) is 5.69 Å². The van der Waals surface area contributed by atoms with Gasteiger partial charge in [-0.2, -0.15) is 0 Å². The molecule has 0 spiro atoms. The van der Waals surface area contributed by atoms with Crippen LogP contribution in [0.2, 0.25) is 0 Å². The molecule has 4 rings (SSSR count). The summed E-state index contributed by atoms with van der Waals surface area (Å²) in [6.07, 6.45) is 0. The van der Waals surface area contributed by atoms with Crippen LogP contribution < -0.4 is 20.3 Å². The summed E-state index contributed by atoms with van der Waals surface area (Å²) >= 11 is 0. The minimum absolute atomic E-state index is 0.233. The van der Waals surface area contributed by atoms with Crippen molar-refractivity contribution in [2.24, 2.45) is 0 Å². The second-order valence-electron chi connectivity index (χ2n) is 7.10. The summed E-state index contributed by atoms with van der Waals surface area (Å²) in [7, 11) is 0. The van der Waals surface area contributed by atoms with Gasteiger partial charge in [-0.25, -0.2) is 4.98 Å². The molecule has 1 fully saturated rings. The second-order valence-corrected chi connectivity index (χ2v) is 7.10. The van der Waals surface area contributed by atoms with Crippen molar-refractivity contribution >= 4 is 23.1 Å². The topological polar surface area (TPSA) is 75.7 Å². The molecule has 1 saturated heterocycles. The molecular formula is C24H26N4O3. The molecule has 1 amide bonds. The lowest BCUT2D eigenvalue weighted by Crippen LogP contribution is -2.36. The Morgan fingerprint density at radius 3 is 2.52 bits per heavy atom. The highest BCUT2D eigenvalue weighted by Crippen LogP contribution is 2.21. The maximum atomic E-state index is 12.4. The van der Waals surface area contributed by atoms with Gasteiger partial charge in [0, 0.05) is 24.5 Å². The second kappa shape index (κ2) is 10.4. The molecule has 0 radical (unpaired) electrons. The van der Waals surface area contributed by atoms with E-state index in [-0.39, 0.29) is 5.91 Å². The number of carbonyl (C=O) groups excluding carboxylic acids is 1. The molecule has 160 valence electrons. The first kappa shape index (κ1) is 20.7. The number of carbonyl (C=O) groups is 1. The zero-order chi connectivity index (χ0) is 21.3. The van der Waals surface area contributed by atoms with Gasteiger partial charge in [0.15, 0.2) is 0 Å². The van der Waals surface area contributed by atoms with Crippen molar-refractivity contribution in [1.82, 2.24) is 10.3 Å². The van der Waals surface area contributed by atoms with Crippen LogP contribution >= 0.6 is 0 Å². The Balaban J connectivity index is 1.28. The van der Waals surface area contributed by atoms with Crippen LogP contribution in [-0.2, 0) is 4.74 Å². The lowest BCUT2D eigenvalue weighted by molar-refractivity contribution is 0.0942. The third-order valence-corrected chi connectivity index (χ3v) is 4.90. The number of aromatic nitrogens is 1. The predicted molar refractivity (Wildman–Crippen MR) is 121 cm³/mol. The van der Waals surface area contributed by atoms with Gasteiger partial charge in [-0.05, 0) is 48.5 Å². The molecule has 0 saturated carbocycles. The summed E-state index contributed by atoms with van der Waals surface area (Å²) in [6, 6.07) is 23.0. The van der Waals surface area contributed by atoms with Gasteiger partial charge in [-0.1, -0.05) is 24.3 Å². The molecule has 2 heterocycles. The van der Waals surface area contributed by atoms with E-state index in [0.717, 1.165) is 37.7 Å². The number of para-hydroxylation sites is 1. The lowest BCUT2D eigenvalue weighted by Gasteiger charge is -2.28. The minimum Gasteiger partial charge on any atom is -0.492 e. The number of amides is 1. The molecule has 7 nitrogen and oxygen atoms in total. The highest BCUT2D eigenvalue weighted by atomic mass is 16.5. The molecule has 7 heteroatoms. The third kappa shape index (κ3) is 5.96. The number of hydrogen-bond donors (Lipinski definition) is 2. The first-order valence-electron chi connectivity index (χ1n) is 10.4. The van der Waals surface area contributed by atoms with E-state index in [9.17, 15) is 4.79 Å². The summed E-state index contributed by atoms with van der Waals surface area (Å²) in [5.41, 5.74) is 2.45. The molecule has 2 N–H and O–H groups in total.